The van der Waals surface area contributed by atoms with E-state index >= 15 is 0 Å². The average molecular weight is 300 g/mol. The van der Waals surface area contributed by atoms with Crippen LogP contribution in [0.1, 0.15) is 31.9 Å². The maximum atomic E-state index is 12.4. The third kappa shape index (κ3) is 4.02. The van der Waals surface area contributed by atoms with Gasteiger partial charge in [-0.05, 0) is 38.1 Å². The second-order valence-corrected chi connectivity index (χ2v) is 6.59. The smallest absolute Gasteiger partial charge is 0.243 e. The van der Waals surface area contributed by atoms with Crippen LogP contribution in [0.2, 0.25) is 0 Å². The van der Waals surface area contributed by atoms with Gasteiger partial charge in [-0.2, -0.15) is 4.31 Å². The zero-order valence-corrected chi connectivity index (χ0v) is 13.2. The van der Waals surface area contributed by atoms with Crippen LogP contribution in [0.4, 0.5) is 0 Å². The monoisotopic (exact) mass is 300 g/mol. The first kappa shape index (κ1) is 17.1. The molecule has 114 valence electrons. The number of nitrogens with one attached hydrogen (secondary N) is 1. The summed E-state index contributed by atoms with van der Waals surface area (Å²) in [6.07, 6.45) is 0.446. The molecule has 0 radical (unpaired) electrons. The Morgan fingerprint density at radius 2 is 1.90 bits per heavy atom. The van der Waals surface area contributed by atoms with Crippen molar-refractivity contribution in [1.82, 2.24) is 9.62 Å². The van der Waals surface area contributed by atoms with Gasteiger partial charge in [0.1, 0.15) is 0 Å². The summed E-state index contributed by atoms with van der Waals surface area (Å²) in [6.45, 7) is 4.54. The van der Waals surface area contributed by atoms with Crippen molar-refractivity contribution in [2.75, 3.05) is 26.7 Å². The molecule has 1 aromatic carbocycles. The lowest BCUT2D eigenvalue weighted by molar-refractivity contribution is 0.271. The van der Waals surface area contributed by atoms with E-state index in [1.165, 1.54) is 4.31 Å². The first-order chi connectivity index (χ1) is 9.47. The molecule has 1 unspecified atom stereocenters. The summed E-state index contributed by atoms with van der Waals surface area (Å²) in [6, 6.07) is 7.12. The third-order valence-corrected chi connectivity index (χ3v) is 5.36. The number of sulfonamides is 1. The molecule has 0 fully saturated rings. The van der Waals surface area contributed by atoms with Crippen LogP contribution in [0.15, 0.2) is 29.2 Å². The Hall–Kier alpha value is -0.950. The summed E-state index contributed by atoms with van der Waals surface area (Å²) < 4.78 is 26.3. The van der Waals surface area contributed by atoms with Crippen LogP contribution in [0.5, 0.6) is 0 Å². The zero-order valence-electron chi connectivity index (χ0n) is 12.3. The fraction of sp³-hybridized carbons (Fsp3) is 0.571. The van der Waals surface area contributed by atoms with E-state index in [4.69, 9.17) is 5.11 Å². The number of aliphatic hydroxyl groups is 1. The van der Waals surface area contributed by atoms with Crippen molar-refractivity contribution in [2.45, 2.75) is 31.2 Å². The van der Waals surface area contributed by atoms with Crippen LogP contribution in [-0.4, -0.2) is 44.6 Å². The molecule has 2 N–H and O–H groups in total. The minimum absolute atomic E-state index is 0.00928. The van der Waals surface area contributed by atoms with Crippen LogP contribution < -0.4 is 5.32 Å². The molecule has 20 heavy (non-hydrogen) atoms. The number of benzene rings is 1. The fourth-order valence-electron chi connectivity index (χ4n) is 1.94. The second-order valence-electron chi connectivity index (χ2n) is 4.65. The topological polar surface area (TPSA) is 69.6 Å². The van der Waals surface area contributed by atoms with Gasteiger partial charge < -0.3 is 10.4 Å². The average Bonchev–Trinajstić information content (AvgIpc) is 2.47. The van der Waals surface area contributed by atoms with E-state index in [2.05, 4.69) is 5.32 Å². The summed E-state index contributed by atoms with van der Waals surface area (Å²) in [5, 5.41) is 12.0. The van der Waals surface area contributed by atoms with Gasteiger partial charge in [0.15, 0.2) is 0 Å². The van der Waals surface area contributed by atoms with E-state index in [1.54, 1.807) is 19.1 Å². The van der Waals surface area contributed by atoms with Crippen molar-refractivity contribution in [3.63, 3.8) is 0 Å². The predicted molar refractivity (Wildman–Crippen MR) is 80.1 cm³/mol. The van der Waals surface area contributed by atoms with E-state index in [-0.39, 0.29) is 12.6 Å². The highest BCUT2D eigenvalue weighted by atomic mass is 32.2. The van der Waals surface area contributed by atoms with Crippen LogP contribution in [0, 0.1) is 0 Å². The highest BCUT2D eigenvalue weighted by molar-refractivity contribution is 7.89. The van der Waals surface area contributed by atoms with Gasteiger partial charge in [0.05, 0.1) is 4.90 Å². The van der Waals surface area contributed by atoms with E-state index in [9.17, 15) is 8.42 Å². The van der Waals surface area contributed by atoms with Crippen molar-refractivity contribution in [1.29, 1.82) is 0 Å². The largest absolute Gasteiger partial charge is 0.396 e. The number of hydrogen-bond acceptors (Lipinski definition) is 4. The summed E-state index contributed by atoms with van der Waals surface area (Å²) in [5.41, 5.74) is 1.05. The van der Waals surface area contributed by atoms with E-state index < -0.39 is 10.0 Å². The van der Waals surface area contributed by atoms with Gasteiger partial charge in [-0.25, -0.2) is 8.42 Å². The lowest BCUT2D eigenvalue weighted by atomic mass is 10.1. The summed E-state index contributed by atoms with van der Waals surface area (Å²) in [5.74, 6) is 0. The molecule has 5 nitrogen and oxygen atoms in total. The van der Waals surface area contributed by atoms with E-state index in [0.717, 1.165) is 5.56 Å². The standard InChI is InChI=1S/C14H24N2O3S/c1-4-16(10-5-11-17)20(18,19)14-8-6-13(7-9-14)12(2)15-3/h6-9,12,15,17H,4-5,10-11H2,1-3H3. The third-order valence-electron chi connectivity index (χ3n) is 3.37. The predicted octanol–water partition coefficient (Wildman–Crippen LogP) is 1.36. The molecule has 0 aliphatic carbocycles. The van der Waals surface area contributed by atoms with Crippen LogP contribution >= 0.6 is 0 Å². The number of hydrogen-bond donors (Lipinski definition) is 2. The molecule has 6 heteroatoms. The van der Waals surface area contributed by atoms with E-state index in [1.807, 2.05) is 26.1 Å². The number of rotatable bonds is 8. The lowest BCUT2D eigenvalue weighted by Crippen LogP contribution is -2.32. The van der Waals surface area contributed by atoms with Gasteiger partial charge in [0, 0.05) is 25.7 Å². The van der Waals surface area contributed by atoms with Crippen molar-refractivity contribution in [3.05, 3.63) is 29.8 Å². The Bertz CT molecular complexity index is 500. The molecule has 0 heterocycles. The van der Waals surface area contributed by atoms with Gasteiger partial charge in [-0.1, -0.05) is 19.1 Å². The Morgan fingerprint density at radius 3 is 2.35 bits per heavy atom. The zero-order chi connectivity index (χ0) is 15.2. The molecule has 1 aromatic rings. The van der Waals surface area contributed by atoms with Gasteiger partial charge in [0.25, 0.3) is 0 Å². The maximum absolute atomic E-state index is 12.4. The summed E-state index contributed by atoms with van der Waals surface area (Å²) >= 11 is 0. The van der Waals surface area contributed by atoms with Crippen molar-refractivity contribution < 1.29 is 13.5 Å². The molecular formula is C14H24N2O3S. The van der Waals surface area contributed by atoms with Gasteiger partial charge in [0.2, 0.25) is 10.0 Å². The van der Waals surface area contributed by atoms with Gasteiger partial charge in [-0.3, -0.25) is 0 Å². The molecule has 0 aliphatic rings. The minimum Gasteiger partial charge on any atom is -0.396 e. The van der Waals surface area contributed by atoms with Crippen molar-refractivity contribution in [3.8, 4) is 0 Å². The Balaban J connectivity index is 2.96. The molecule has 0 bridgehead atoms. The molecule has 1 rings (SSSR count). The Morgan fingerprint density at radius 1 is 1.30 bits per heavy atom. The van der Waals surface area contributed by atoms with Crippen molar-refractivity contribution in [2.24, 2.45) is 0 Å². The van der Waals surface area contributed by atoms with E-state index in [0.29, 0.717) is 24.4 Å². The summed E-state index contributed by atoms with van der Waals surface area (Å²) in [4.78, 5) is 0.296. The van der Waals surface area contributed by atoms with Crippen LogP contribution in [0.3, 0.4) is 0 Å². The van der Waals surface area contributed by atoms with Gasteiger partial charge in [-0.15, -0.1) is 0 Å². The molecule has 0 spiro atoms. The number of aliphatic hydroxyl groups excluding tert-OH is 1. The van der Waals surface area contributed by atoms with Crippen LogP contribution in [0.25, 0.3) is 0 Å². The molecule has 0 saturated heterocycles. The SMILES string of the molecule is CCN(CCCO)S(=O)(=O)c1ccc(C(C)NC)cc1. The van der Waals surface area contributed by atoms with Gasteiger partial charge >= 0.3 is 0 Å². The lowest BCUT2D eigenvalue weighted by Gasteiger charge is -2.20. The first-order valence-electron chi connectivity index (χ1n) is 6.85. The first-order valence-corrected chi connectivity index (χ1v) is 8.29. The fourth-order valence-corrected chi connectivity index (χ4v) is 3.43. The number of nitrogens with zero attached hydrogens (tertiary/aromatic N) is 1. The molecule has 0 aromatic heterocycles. The van der Waals surface area contributed by atoms with Crippen LogP contribution in [-0.2, 0) is 10.0 Å². The molecule has 1 atom stereocenters. The molecule has 0 aliphatic heterocycles. The van der Waals surface area contributed by atoms with Crippen molar-refractivity contribution >= 4 is 10.0 Å². The second kappa shape index (κ2) is 7.73. The molecule has 0 amide bonds. The Labute approximate surface area is 121 Å². The highest BCUT2D eigenvalue weighted by Gasteiger charge is 2.22. The highest BCUT2D eigenvalue weighted by Crippen LogP contribution is 2.19. The summed E-state index contributed by atoms with van der Waals surface area (Å²) in [7, 11) is -1.61. The molecular weight excluding hydrogens is 276 g/mol. The maximum Gasteiger partial charge on any atom is 0.243 e. The minimum atomic E-state index is -3.47. The molecule has 0 saturated carbocycles. The quantitative estimate of drug-likeness (QED) is 0.760. The Kier molecular flexibility index (Phi) is 6.61. The normalized spacial score (nSPS) is 13.7.